The van der Waals surface area contributed by atoms with Gasteiger partial charge in [0.25, 0.3) is 0 Å². The Kier molecular flexibility index (Phi) is 5.44. The molecule has 1 aliphatic heterocycles. The smallest absolute Gasteiger partial charge is 0.0476 e. The predicted octanol–water partition coefficient (Wildman–Crippen LogP) is 3.41. The van der Waals surface area contributed by atoms with Gasteiger partial charge in [0.15, 0.2) is 0 Å². The van der Waals surface area contributed by atoms with E-state index in [0.717, 1.165) is 19.6 Å². The first kappa shape index (κ1) is 14.6. The van der Waals surface area contributed by atoms with Crippen LogP contribution in [0.15, 0.2) is 41.9 Å². The van der Waals surface area contributed by atoms with Crippen molar-refractivity contribution in [2.45, 2.75) is 25.9 Å². The highest BCUT2D eigenvalue weighted by molar-refractivity contribution is 6.25. The Hall–Kier alpha value is -0.830. The molecule has 19 heavy (non-hydrogen) atoms. The molecule has 0 saturated carbocycles. The topological polar surface area (TPSA) is 15.3 Å². The second-order valence-corrected chi connectivity index (χ2v) is 5.75. The van der Waals surface area contributed by atoms with Gasteiger partial charge in [0.2, 0.25) is 0 Å². The van der Waals surface area contributed by atoms with Crippen LogP contribution >= 0.6 is 11.6 Å². The van der Waals surface area contributed by atoms with E-state index in [2.05, 4.69) is 54.4 Å². The Morgan fingerprint density at radius 2 is 2.11 bits per heavy atom. The van der Waals surface area contributed by atoms with Crippen molar-refractivity contribution in [3.63, 3.8) is 0 Å². The molecule has 104 valence electrons. The number of rotatable bonds is 4. The van der Waals surface area contributed by atoms with Gasteiger partial charge >= 0.3 is 0 Å². The summed E-state index contributed by atoms with van der Waals surface area (Å²) in [4.78, 5) is 2.51. The molecule has 2 unspecified atom stereocenters. The van der Waals surface area contributed by atoms with Gasteiger partial charge in [-0.2, -0.15) is 0 Å². The van der Waals surface area contributed by atoms with Crippen LogP contribution in [0.3, 0.4) is 0 Å². The normalized spacial score (nSPS) is 25.3. The van der Waals surface area contributed by atoms with Crippen LogP contribution in [0.2, 0.25) is 0 Å². The number of hydrogen-bond acceptors (Lipinski definition) is 2. The second-order valence-electron chi connectivity index (χ2n) is 5.50. The van der Waals surface area contributed by atoms with Crippen molar-refractivity contribution in [3.8, 4) is 0 Å². The maximum atomic E-state index is 5.69. The Labute approximate surface area is 121 Å². The molecule has 0 radical (unpaired) electrons. The van der Waals surface area contributed by atoms with Gasteiger partial charge < -0.3 is 5.32 Å². The lowest BCUT2D eigenvalue weighted by Gasteiger charge is -2.41. The molecule has 1 N–H and O–H groups in total. The molecule has 0 bridgehead atoms. The lowest BCUT2D eigenvalue weighted by molar-refractivity contribution is 0.127. The average molecular weight is 279 g/mol. The SMILES string of the molecule is CC(C)C1CN(C/C=C/Cl)C(c2ccccc2)CN1. The molecule has 2 rings (SSSR count). The van der Waals surface area contributed by atoms with Crippen LogP contribution in [-0.4, -0.2) is 30.6 Å². The highest BCUT2D eigenvalue weighted by atomic mass is 35.5. The van der Waals surface area contributed by atoms with E-state index in [9.17, 15) is 0 Å². The molecule has 2 atom stereocenters. The van der Waals surface area contributed by atoms with Crippen molar-refractivity contribution in [2.75, 3.05) is 19.6 Å². The van der Waals surface area contributed by atoms with Crippen LogP contribution in [0.25, 0.3) is 0 Å². The lowest BCUT2D eigenvalue weighted by atomic mass is 9.96. The van der Waals surface area contributed by atoms with Crippen molar-refractivity contribution in [1.82, 2.24) is 10.2 Å². The molecule has 1 aromatic rings. The number of halogens is 1. The summed E-state index contributed by atoms with van der Waals surface area (Å²) < 4.78 is 0. The molecule has 1 aromatic carbocycles. The summed E-state index contributed by atoms with van der Waals surface area (Å²) >= 11 is 5.69. The molecule has 1 aliphatic rings. The average Bonchev–Trinajstić information content (AvgIpc) is 2.45. The van der Waals surface area contributed by atoms with E-state index in [-0.39, 0.29) is 0 Å². The van der Waals surface area contributed by atoms with Gasteiger partial charge in [0, 0.05) is 37.3 Å². The van der Waals surface area contributed by atoms with E-state index >= 15 is 0 Å². The first-order valence-corrected chi connectivity index (χ1v) is 7.43. The Morgan fingerprint density at radius 3 is 2.74 bits per heavy atom. The van der Waals surface area contributed by atoms with E-state index in [1.165, 1.54) is 5.56 Å². The van der Waals surface area contributed by atoms with Crippen molar-refractivity contribution < 1.29 is 0 Å². The van der Waals surface area contributed by atoms with Crippen molar-refractivity contribution in [3.05, 3.63) is 47.5 Å². The summed E-state index contributed by atoms with van der Waals surface area (Å²) in [6.45, 7) is 7.53. The van der Waals surface area contributed by atoms with Gasteiger partial charge in [-0.05, 0) is 11.5 Å². The van der Waals surface area contributed by atoms with Gasteiger partial charge in [-0.15, -0.1) is 0 Å². The minimum absolute atomic E-state index is 0.434. The molecule has 0 amide bonds. The van der Waals surface area contributed by atoms with Gasteiger partial charge in [-0.25, -0.2) is 0 Å². The largest absolute Gasteiger partial charge is 0.311 e. The molecular weight excluding hydrogens is 256 g/mol. The third kappa shape index (κ3) is 3.82. The molecule has 0 aliphatic carbocycles. The summed E-state index contributed by atoms with van der Waals surface area (Å²) in [5, 5.41) is 3.67. The quantitative estimate of drug-likeness (QED) is 0.908. The molecule has 0 aromatic heterocycles. The van der Waals surface area contributed by atoms with Gasteiger partial charge in [0.1, 0.15) is 0 Å². The second kappa shape index (κ2) is 7.09. The zero-order chi connectivity index (χ0) is 13.7. The van der Waals surface area contributed by atoms with E-state index in [4.69, 9.17) is 11.6 Å². The maximum absolute atomic E-state index is 5.69. The molecule has 1 fully saturated rings. The minimum Gasteiger partial charge on any atom is -0.311 e. The highest BCUT2D eigenvalue weighted by Gasteiger charge is 2.29. The van der Waals surface area contributed by atoms with Crippen molar-refractivity contribution in [2.24, 2.45) is 5.92 Å². The van der Waals surface area contributed by atoms with Gasteiger partial charge in [0.05, 0.1) is 0 Å². The fourth-order valence-electron chi connectivity index (χ4n) is 2.66. The van der Waals surface area contributed by atoms with Crippen LogP contribution in [0.1, 0.15) is 25.5 Å². The molecule has 1 saturated heterocycles. The predicted molar refractivity (Wildman–Crippen MR) is 82.4 cm³/mol. The van der Waals surface area contributed by atoms with E-state index < -0.39 is 0 Å². The van der Waals surface area contributed by atoms with Crippen LogP contribution < -0.4 is 5.32 Å². The Morgan fingerprint density at radius 1 is 1.37 bits per heavy atom. The maximum Gasteiger partial charge on any atom is 0.0476 e. The van der Waals surface area contributed by atoms with Crippen LogP contribution in [0.4, 0.5) is 0 Å². The fourth-order valence-corrected chi connectivity index (χ4v) is 2.74. The number of nitrogens with one attached hydrogen (secondary N) is 1. The van der Waals surface area contributed by atoms with Crippen LogP contribution in [-0.2, 0) is 0 Å². The first-order chi connectivity index (χ1) is 9.22. The molecular formula is C16H23ClN2. The number of piperazine rings is 1. The fraction of sp³-hybridized carbons (Fsp3) is 0.500. The summed E-state index contributed by atoms with van der Waals surface area (Å²) in [5.74, 6) is 0.652. The minimum atomic E-state index is 0.434. The van der Waals surface area contributed by atoms with Gasteiger partial charge in [-0.3, -0.25) is 4.90 Å². The standard InChI is InChI=1S/C16H23ClN2/c1-13(2)15-12-19(10-6-9-17)16(11-18-15)14-7-4-3-5-8-14/h3-9,13,15-16,18H,10-12H2,1-2H3/b9-6+. The molecule has 2 nitrogen and oxygen atoms in total. The zero-order valence-corrected chi connectivity index (χ0v) is 12.5. The van der Waals surface area contributed by atoms with E-state index in [0.29, 0.717) is 18.0 Å². The first-order valence-electron chi connectivity index (χ1n) is 7.00. The number of hydrogen-bond donors (Lipinski definition) is 1. The summed E-state index contributed by atoms with van der Waals surface area (Å²) in [6, 6.07) is 11.7. The summed E-state index contributed by atoms with van der Waals surface area (Å²) in [6.07, 6.45) is 2.03. The summed E-state index contributed by atoms with van der Waals surface area (Å²) in [5.41, 5.74) is 2.99. The summed E-state index contributed by atoms with van der Waals surface area (Å²) in [7, 11) is 0. The number of benzene rings is 1. The molecule has 3 heteroatoms. The molecule has 1 heterocycles. The number of nitrogens with zero attached hydrogens (tertiary/aromatic N) is 1. The Balaban J connectivity index is 2.13. The van der Waals surface area contributed by atoms with E-state index in [1.54, 1.807) is 5.54 Å². The lowest BCUT2D eigenvalue weighted by Crippen LogP contribution is -2.54. The molecule has 0 spiro atoms. The van der Waals surface area contributed by atoms with Crippen molar-refractivity contribution in [1.29, 1.82) is 0 Å². The third-order valence-electron chi connectivity index (χ3n) is 3.86. The van der Waals surface area contributed by atoms with Gasteiger partial charge in [-0.1, -0.05) is 61.9 Å². The van der Waals surface area contributed by atoms with Crippen molar-refractivity contribution >= 4 is 11.6 Å². The van der Waals surface area contributed by atoms with Crippen LogP contribution in [0, 0.1) is 5.92 Å². The van der Waals surface area contributed by atoms with Crippen LogP contribution in [0.5, 0.6) is 0 Å². The van der Waals surface area contributed by atoms with E-state index in [1.807, 2.05) is 6.08 Å². The Bertz CT molecular complexity index is 402. The monoisotopic (exact) mass is 278 g/mol. The zero-order valence-electron chi connectivity index (χ0n) is 11.7. The highest BCUT2D eigenvalue weighted by Crippen LogP contribution is 2.25. The third-order valence-corrected chi connectivity index (χ3v) is 4.04.